The molecule has 0 aliphatic heterocycles. The minimum absolute atomic E-state index is 0.0658. The highest BCUT2D eigenvalue weighted by atomic mass is 35.5. The molecule has 4 aliphatic carbocycles. The van der Waals surface area contributed by atoms with Crippen molar-refractivity contribution < 1.29 is 0 Å². The molecule has 4 aliphatic rings. The van der Waals surface area contributed by atoms with E-state index in [2.05, 4.69) is 6.92 Å². The molecular formula is C13H20Cl2. The zero-order chi connectivity index (χ0) is 10.7. The lowest BCUT2D eigenvalue weighted by Crippen LogP contribution is -2.58. The Labute approximate surface area is 103 Å². The van der Waals surface area contributed by atoms with Crippen molar-refractivity contribution in [2.75, 3.05) is 0 Å². The summed E-state index contributed by atoms with van der Waals surface area (Å²) in [5.41, 5.74) is 0.512. The van der Waals surface area contributed by atoms with Crippen LogP contribution in [-0.2, 0) is 0 Å². The molecule has 2 heteroatoms. The Bertz CT molecular complexity index is 268. The van der Waals surface area contributed by atoms with E-state index >= 15 is 0 Å². The maximum absolute atomic E-state index is 6.76. The van der Waals surface area contributed by atoms with Gasteiger partial charge in [-0.15, -0.1) is 23.2 Å². The standard InChI is InChI=1S/C13H20Cl2/c1-2-3-11-4-10-5-12(14,7-11)9-13(15,6-10)8-11/h10H,2-9H2,1H3. The van der Waals surface area contributed by atoms with Gasteiger partial charge in [0.05, 0.1) is 0 Å². The van der Waals surface area contributed by atoms with Crippen molar-refractivity contribution in [2.45, 2.75) is 68.0 Å². The summed E-state index contributed by atoms with van der Waals surface area (Å²) in [5.74, 6) is 0.822. The van der Waals surface area contributed by atoms with Crippen molar-refractivity contribution in [3.05, 3.63) is 0 Å². The van der Waals surface area contributed by atoms with Crippen LogP contribution >= 0.6 is 23.2 Å². The van der Waals surface area contributed by atoms with E-state index in [1.54, 1.807) is 0 Å². The predicted octanol–water partition coefficient (Wildman–Crippen LogP) is 4.73. The molecule has 4 fully saturated rings. The molecule has 0 saturated heterocycles. The van der Waals surface area contributed by atoms with E-state index in [4.69, 9.17) is 23.2 Å². The summed E-state index contributed by atoms with van der Waals surface area (Å²) >= 11 is 13.5. The van der Waals surface area contributed by atoms with Crippen LogP contribution in [0.1, 0.15) is 58.3 Å². The average Bonchev–Trinajstić information content (AvgIpc) is 1.94. The number of hydrogen-bond acceptors (Lipinski definition) is 0. The molecule has 2 unspecified atom stereocenters. The minimum atomic E-state index is 0.0658. The van der Waals surface area contributed by atoms with Gasteiger partial charge in [-0.1, -0.05) is 13.3 Å². The molecule has 2 atom stereocenters. The monoisotopic (exact) mass is 246 g/mol. The first-order chi connectivity index (χ1) is 6.97. The molecule has 0 aromatic rings. The summed E-state index contributed by atoms with van der Waals surface area (Å²) in [4.78, 5) is 0.132. The average molecular weight is 247 g/mol. The van der Waals surface area contributed by atoms with E-state index in [1.165, 1.54) is 44.9 Å². The lowest BCUT2D eigenvalue weighted by molar-refractivity contribution is -0.0328. The summed E-state index contributed by atoms with van der Waals surface area (Å²) in [7, 11) is 0. The third-order valence-electron chi connectivity index (χ3n) is 4.83. The van der Waals surface area contributed by atoms with Crippen molar-refractivity contribution in [3.8, 4) is 0 Å². The Morgan fingerprint density at radius 3 is 2.07 bits per heavy atom. The van der Waals surface area contributed by atoms with Gasteiger partial charge >= 0.3 is 0 Å². The summed E-state index contributed by atoms with van der Waals surface area (Å²) in [5, 5.41) is 0. The first kappa shape index (κ1) is 10.7. The van der Waals surface area contributed by atoms with Gasteiger partial charge in [-0.25, -0.2) is 0 Å². The van der Waals surface area contributed by atoms with Crippen LogP contribution in [0, 0.1) is 11.3 Å². The van der Waals surface area contributed by atoms with Gasteiger partial charge in [0, 0.05) is 9.75 Å². The van der Waals surface area contributed by atoms with Crippen LogP contribution in [0.4, 0.5) is 0 Å². The molecule has 0 heterocycles. The van der Waals surface area contributed by atoms with Gasteiger partial charge in [0.25, 0.3) is 0 Å². The maximum Gasteiger partial charge on any atom is 0.0471 e. The summed E-state index contributed by atoms with van der Waals surface area (Å²) in [6.07, 6.45) is 10.0. The van der Waals surface area contributed by atoms with Gasteiger partial charge in [-0.05, 0) is 56.3 Å². The largest absolute Gasteiger partial charge is 0.119 e. The van der Waals surface area contributed by atoms with Gasteiger partial charge in [-0.3, -0.25) is 0 Å². The molecule has 4 rings (SSSR count). The van der Waals surface area contributed by atoms with Gasteiger partial charge in [-0.2, -0.15) is 0 Å². The SMILES string of the molecule is CCCC12CC3CC(Cl)(CC(Cl)(C3)C1)C2. The second-order valence-corrected chi connectivity index (χ2v) is 8.16. The molecular weight excluding hydrogens is 227 g/mol. The summed E-state index contributed by atoms with van der Waals surface area (Å²) < 4.78 is 0. The fraction of sp³-hybridized carbons (Fsp3) is 1.00. The molecule has 0 N–H and O–H groups in total. The first-order valence-corrected chi connectivity index (χ1v) is 7.10. The van der Waals surface area contributed by atoms with Crippen molar-refractivity contribution in [1.29, 1.82) is 0 Å². The van der Waals surface area contributed by atoms with E-state index in [-0.39, 0.29) is 9.75 Å². The molecule has 4 saturated carbocycles. The van der Waals surface area contributed by atoms with Gasteiger partial charge < -0.3 is 0 Å². The van der Waals surface area contributed by atoms with Crippen molar-refractivity contribution in [3.63, 3.8) is 0 Å². The van der Waals surface area contributed by atoms with Crippen LogP contribution in [0.25, 0.3) is 0 Å². The van der Waals surface area contributed by atoms with Crippen LogP contribution in [-0.4, -0.2) is 9.75 Å². The minimum Gasteiger partial charge on any atom is -0.119 e. The second kappa shape index (κ2) is 3.07. The van der Waals surface area contributed by atoms with Gasteiger partial charge in [0.2, 0.25) is 0 Å². The Hall–Kier alpha value is 0.580. The zero-order valence-corrected chi connectivity index (χ0v) is 11.0. The molecule has 0 spiro atoms. The van der Waals surface area contributed by atoms with Crippen molar-refractivity contribution in [2.24, 2.45) is 11.3 Å². The smallest absolute Gasteiger partial charge is 0.0471 e. The van der Waals surface area contributed by atoms with Crippen LogP contribution in [0.5, 0.6) is 0 Å². The highest BCUT2D eigenvalue weighted by molar-refractivity contribution is 6.28. The highest BCUT2D eigenvalue weighted by Crippen LogP contribution is 2.68. The second-order valence-electron chi connectivity index (χ2n) is 6.56. The Morgan fingerprint density at radius 2 is 1.60 bits per heavy atom. The van der Waals surface area contributed by atoms with E-state index in [9.17, 15) is 0 Å². The lowest BCUT2D eigenvalue weighted by atomic mass is 9.48. The number of halogens is 2. The molecule has 0 nitrogen and oxygen atoms in total. The van der Waals surface area contributed by atoms with E-state index in [0.717, 1.165) is 12.3 Å². The quantitative estimate of drug-likeness (QED) is 0.619. The van der Waals surface area contributed by atoms with E-state index in [0.29, 0.717) is 5.41 Å². The maximum atomic E-state index is 6.76. The normalized spacial score (nSPS) is 57.4. The Kier molecular flexibility index (Phi) is 2.20. The topological polar surface area (TPSA) is 0 Å². The Balaban J connectivity index is 1.94. The zero-order valence-electron chi connectivity index (χ0n) is 9.49. The molecule has 15 heavy (non-hydrogen) atoms. The molecule has 0 amide bonds. The van der Waals surface area contributed by atoms with Crippen molar-refractivity contribution in [1.82, 2.24) is 0 Å². The lowest BCUT2D eigenvalue weighted by Gasteiger charge is -2.63. The van der Waals surface area contributed by atoms with Crippen molar-refractivity contribution >= 4 is 23.2 Å². The number of alkyl halides is 2. The third-order valence-corrected chi connectivity index (χ3v) is 5.67. The van der Waals surface area contributed by atoms with Crippen LogP contribution in [0.3, 0.4) is 0 Å². The molecule has 0 aromatic carbocycles. The van der Waals surface area contributed by atoms with Crippen LogP contribution in [0.15, 0.2) is 0 Å². The number of hydrogen-bond donors (Lipinski definition) is 0. The molecule has 4 bridgehead atoms. The predicted molar refractivity (Wildman–Crippen MR) is 65.7 cm³/mol. The van der Waals surface area contributed by atoms with Gasteiger partial charge in [0.1, 0.15) is 0 Å². The molecule has 86 valence electrons. The molecule has 0 radical (unpaired) electrons. The van der Waals surface area contributed by atoms with Gasteiger partial charge in [0.15, 0.2) is 0 Å². The third kappa shape index (κ3) is 1.63. The Morgan fingerprint density at radius 1 is 1.00 bits per heavy atom. The fourth-order valence-corrected chi connectivity index (χ4v) is 6.79. The van der Waals surface area contributed by atoms with Crippen LogP contribution < -0.4 is 0 Å². The molecule has 0 aromatic heterocycles. The van der Waals surface area contributed by atoms with E-state index < -0.39 is 0 Å². The van der Waals surface area contributed by atoms with E-state index in [1.807, 2.05) is 0 Å². The van der Waals surface area contributed by atoms with Crippen LogP contribution in [0.2, 0.25) is 0 Å². The number of rotatable bonds is 2. The summed E-state index contributed by atoms with van der Waals surface area (Å²) in [6, 6.07) is 0. The first-order valence-electron chi connectivity index (χ1n) is 6.35. The highest BCUT2D eigenvalue weighted by Gasteiger charge is 2.61. The summed E-state index contributed by atoms with van der Waals surface area (Å²) in [6.45, 7) is 2.29. The fourth-order valence-electron chi connectivity index (χ4n) is 5.21.